The van der Waals surface area contributed by atoms with E-state index in [4.69, 9.17) is 5.11 Å². The van der Waals surface area contributed by atoms with Crippen molar-refractivity contribution in [1.82, 2.24) is 19.6 Å². The highest BCUT2D eigenvalue weighted by Gasteiger charge is 2.17. The van der Waals surface area contributed by atoms with Gasteiger partial charge in [0.15, 0.2) is 0 Å². The van der Waals surface area contributed by atoms with E-state index in [1.807, 2.05) is 0 Å². The summed E-state index contributed by atoms with van der Waals surface area (Å²) >= 11 is 0. The first-order valence-corrected chi connectivity index (χ1v) is 6.61. The Hall–Kier alpha value is -2.36. The number of sulfonamides is 1. The largest absolute Gasteiger partial charge is 0.480 e. The van der Waals surface area contributed by atoms with Crippen molar-refractivity contribution in [1.29, 1.82) is 0 Å². The van der Waals surface area contributed by atoms with E-state index in [2.05, 4.69) is 14.9 Å². The molecule has 2 N–H and O–H groups in total. The maximum Gasteiger partial charge on any atom is 0.325 e. The van der Waals surface area contributed by atoms with Crippen LogP contribution < -0.4 is 4.72 Å². The molecular weight excluding hydrogens is 274 g/mol. The third-order valence-corrected chi connectivity index (χ3v) is 3.51. The van der Waals surface area contributed by atoms with Crippen molar-refractivity contribution in [3.63, 3.8) is 0 Å². The van der Waals surface area contributed by atoms with Crippen LogP contribution in [0.15, 0.2) is 29.7 Å². The molecule has 2 aromatic heterocycles. The Labute approximate surface area is 108 Å². The van der Waals surface area contributed by atoms with E-state index in [-0.39, 0.29) is 17.1 Å². The lowest BCUT2D eigenvalue weighted by Gasteiger charge is -2.02. The predicted molar refractivity (Wildman–Crippen MR) is 63.9 cm³/mol. The minimum Gasteiger partial charge on any atom is -0.480 e. The Morgan fingerprint density at radius 3 is 2.68 bits per heavy atom. The molecule has 9 nitrogen and oxygen atoms in total. The number of aromatic nitrogens is 4. The Bertz CT molecular complexity index is 702. The number of anilines is 1. The van der Waals surface area contributed by atoms with E-state index in [1.165, 1.54) is 29.5 Å². The van der Waals surface area contributed by atoms with E-state index in [0.29, 0.717) is 0 Å². The van der Waals surface area contributed by atoms with Gasteiger partial charge >= 0.3 is 5.97 Å². The molecular formula is C9H11N5O4S. The van der Waals surface area contributed by atoms with Crippen molar-refractivity contribution in [2.24, 2.45) is 7.05 Å². The van der Waals surface area contributed by atoms with Crippen LogP contribution in [0.4, 0.5) is 5.69 Å². The van der Waals surface area contributed by atoms with Crippen LogP contribution >= 0.6 is 0 Å². The molecule has 10 heteroatoms. The number of nitrogens with zero attached hydrogens (tertiary/aromatic N) is 4. The molecule has 0 amide bonds. The van der Waals surface area contributed by atoms with E-state index in [0.717, 1.165) is 4.68 Å². The summed E-state index contributed by atoms with van der Waals surface area (Å²) in [6.45, 7) is -0.339. The highest BCUT2D eigenvalue weighted by molar-refractivity contribution is 7.92. The van der Waals surface area contributed by atoms with Gasteiger partial charge in [0.2, 0.25) is 0 Å². The lowest BCUT2D eigenvalue weighted by Crippen LogP contribution is -2.12. The Morgan fingerprint density at radius 2 is 2.11 bits per heavy atom. The number of carboxylic acids is 1. The zero-order chi connectivity index (χ0) is 14.0. The Balaban J connectivity index is 2.16. The van der Waals surface area contributed by atoms with Crippen LogP contribution in [0.3, 0.4) is 0 Å². The van der Waals surface area contributed by atoms with E-state index in [9.17, 15) is 13.2 Å². The van der Waals surface area contributed by atoms with Gasteiger partial charge in [0.05, 0.1) is 18.1 Å². The number of nitrogens with one attached hydrogen (secondary N) is 1. The maximum atomic E-state index is 11.9. The van der Waals surface area contributed by atoms with Crippen LogP contribution in [-0.2, 0) is 28.4 Å². The summed E-state index contributed by atoms with van der Waals surface area (Å²) in [6.07, 6.45) is 5.09. The molecule has 2 rings (SSSR count). The third kappa shape index (κ3) is 3.10. The van der Waals surface area contributed by atoms with Gasteiger partial charge in [-0.1, -0.05) is 0 Å². The summed E-state index contributed by atoms with van der Waals surface area (Å²) in [5, 5.41) is 16.1. The molecule has 0 unspecified atom stereocenters. The van der Waals surface area contributed by atoms with Crippen molar-refractivity contribution in [3.8, 4) is 0 Å². The molecule has 2 heterocycles. The molecule has 0 spiro atoms. The Morgan fingerprint density at radius 1 is 1.37 bits per heavy atom. The van der Waals surface area contributed by atoms with E-state index in [1.54, 1.807) is 7.05 Å². The quantitative estimate of drug-likeness (QED) is 0.764. The second-order valence-electron chi connectivity index (χ2n) is 3.78. The van der Waals surface area contributed by atoms with Crippen molar-refractivity contribution in [2.75, 3.05) is 4.72 Å². The van der Waals surface area contributed by atoms with Crippen LogP contribution in [0.25, 0.3) is 0 Å². The average Bonchev–Trinajstić information content (AvgIpc) is 2.87. The van der Waals surface area contributed by atoms with Gasteiger partial charge in [-0.2, -0.15) is 10.2 Å². The molecule has 2 aromatic rings. The molecule has 102 valence electrons. The SMILES string of the molecule is Cn1cc(S(=O)(=O)Nc2cnn(CC(=O)O)c2)cn1. The Kier molecular flexibility index (Phi) is 3.25. The zero-order valence-corrected chi connectivity index (χ0v) is 10.7. The normalized spacial score (nSPS) is 11.4. The lowest BCUT2D eigenvalue weighted by molar-refractivity contribution is -0.137. The predicted octanol–water partition coefficient (Wildman–Crippen LogP) is -0.498. The molecule has 0 aliphatic heterocycles. The molecule has 0 bridgehead atoms. The van der Waals surface area contributed by atoms with Crippen molar-refractivity contribution >= 4 is 21.7 Å². The first kappa shape index (κ1) is 13.1. The molecule has 0 aromatic carbocycles. The van der Waals surface area contributed by atoms with Gasteiger partial charge in [-0.25, -0.2) is 8.42 Å². The molecule has 19 heavy (non-hydrogen) atoms. The van der Waals surface area contributed by atoms with Gasteiger partial charge in [0.1, 0.15) is 11.4 Å². The van der Waals surface area contributed by atoms with Crippen molar-refractivity contribution in [3.05, 3.63) is 24.8 Å². The van der Waals surface area contributed by atoms with Crippen LogP contribution in [0.5, 0.6) is 0 Å². The van der Waals surface area contributed by atoms with Gasteiger partial charge in [-0.3, -0.25) is 18.9 Å². The van der Waals surface area contributed by atoms with E-state index >= 15 is 0 Å². The zero-order valence-electron chi connectivity index (χ0n) is 9.89. The van der Waals surface area contributed by atoms with Gasteiger partial charge in [-0.05, 0) is 0 Å². The number of hydrogen-bond acceptors (Lipinski definition) is 5. The van der Waals surface area contributed by atoms with Gasteiger partial charge in [0.25, 0.3) is 10.0 Å². The summed E-state index contributed by atoms with van der Waals surface area (Å²) in [4.78, 5) is 10.5. The number of carboxylic acid groups (broad SMARTS) is 1. The van der Waals surface area contributed by atoms with Gasteiger partial charge < -0.3 is 5.11 Å². The highest BCUT2D eigenvalue weighted by atomic mass is 32.2. The number of rotatable bonds is 5. The summed E-state index contributed by atoms with van der Waals surface area (Å²) in [5.41, 5.74) is 0.185. The minimum atomic E-state index is -3.74. The van der Waals surface area contributed by atoms with E-state index < -0.39 is 16.0 Å². The molecule has 0 saturated heterocycles. The highest BCUT2D eigenvalue weighted by Crippen LogP contribution is 2.14. The second-order valence-corrected chi connectivity index (χ2v) is 5.46. The molecule has 0 saturated carbocycles. The number of aliphatic carboxylic acids is 1. The van der Waals surface area contributed by atoms with Crippen molar-refractivity contribution in [2.45, 2.75) is 11.4 Å². The van der Waals surface area contributed by atoms with Crippen LogP contribution in [-0.4, -0.2) is 39.1 Å². The summed E-state index contributed by atoms with van der Waals surface area (Å²) in [6, 6.07) is 0. The fraction of sp³-hybridized carbons (Fsp3) is 0.222. The second kappa shape index (κ2) is 4.72. The number of hydrogen-bond donors (Lipinski definition) is 2. The third-order valence-electron chi connectivity index (χ3n) is 2.17. The first-order chi connectivity index (χ1) is 8.87. The lowest BCUT2D eigenvalue weighted by atomic mass is 10.6. The molecule has 0 radical (unpaired) electrons. The fourth-order valence-electron chi connectivity index (χ4n) is 1.39. The van der Waals surface area contributed by atoms with Crippen LogP contribution in [0, 0.1) is 0 Å². The van der Waals surface area contributed by atoms with Crippen LogP contribution in [0.2, 0.25) is 0 Å². The average molecular weight is 285 g/mol. The summed E-state index contributed by atoms with van der Waals surface area (Å²) < 4.78 is 28.6. The molecule has 0 aliphatic rings. The van der Waals surface area contributed by atoms with Crippen LogP contribution in [0.1, 0.15) is 0 Å². The smallest absolute Gasteiger partial charge is 0.325 e. The number of carbonyl (C=O) groups is 1. The number of aryl methyl sites for hydroxylation is 1. The van der Waals surface area contributed by atoms with Gasteiger partial charge in [0, 0.05) is 19.4 Å². The first-order valence-electron chi connectivity index (χ1n) is 5.12. The fourth-order valence-corrected chi connectivity index (χ4v) is 2.40. The minimum absolute atomic E-state index is 0.0148. The summed E-state index contributed by atoms with van der Waals surface area (Å²) in [7, 11) is -2.14. The van der Waals surface area contributed by atoms with Gasteiger partial charge in [-0.15, -0.1) is 0 Å². The molecule has 0 fully saturated rings. The summed E-state index contributed by atoms with van der Waals surface area (Å²) in [5.74, 6) is -1.07. The maximum absolute atomic E-state index is 11.9. The molecule has 0 atom stereocenters. The monoisotopic (exact) mass is 285 g/mol. The van der Waals surface area contributed by atoms with Crippen molar-refractivity contribution < 1.29 is 18.3 Å². The standard InChI is InChI=1S/C9H11N5O4S/c1-13-5-8(3-10-13)19(17,18)12-7-2-11-14(4-7)6-9(15)16/h2-5,12H,6H2,1H3,(H,15,16). The topological polar surface area (TPSA) is 119 Å². The molecule has 0 aliphatic carbocycles.